The highest BCUT2D eigenvalue weighted by Gasteiger charge is 2.11. The summed E-state index contributed by atoms with van der Waals surface area (Å²) in [7, 11) is 2.05. The molecule has 0 unspecified atom stereocenters. The Bertz CT molecular complexity index is 336. The predicted molar refractivity (Wildman–Crippen MR) is 77.3 cm³/mol. The van der Waals surface area contributed by atoms with E-state index in [0.717, 1.165) is 48.8 Å². The van der Waals surface area contributed by atoms with E-state index in [1.807, 2.05) is 19.4 Å². The topological polar surface area (TPSA) is 44.3 Å². The van der Waals surface area contributed by atoms with Gasteiger partial charge in [-0.25, -0.2) is 9.97 Å². The van der Waals surface area contributed by atoms with Crippen LogP contribution in [0, 0.1) is 3.57 Å². The first-order valence-corrected chi connectivity index (χ1v) is 6.95. The zero-order valence-corrected chi connectivity index (χ0v) is 12.2. The number of anilines is 1. The minimum Gasteiger partial charge on any atom is -0.343 e. The molecule has 1 N–H and O–H groups in total. The summed E-state index contributed by atoms with van der Waals surface area (Å²) in [5, 5.41) is 3.36. The number of nitrogens with zero attached hydrogens (tertiary/aromatic N) is 4. The van der Waals surface area contributed by atoms with Crippen molar-refractivity contribution in [1.82, 2.24) is 20.2 Å². The molecule has 17 heavy (non-hydrogen) atoms. The van der Waals surface area contributed by atoms with Gasteiger partial charge >= 0.3 is 0 Å². The zero-order chi connectivity index (χ0) is 12.1. The molecule has 0 radical (unpaired) electrons. The first-order chi connectivity index (χ1) is 8.25. The molecule has 94 valence electrons. The van der Waals surface area contributed by atoms with E-state index in [1.54, 1.807) is 0 Å². The van der Waals surface area contributed by atoms with Gasteiger partial charge < -0.3 is 10.2 Å². The van der Waals surface area contributed by atoms with Crippen molar-refractivity contribution in [2.24, 2.45) is 0 Å². The van der Waals surface area contributed by atoms with Crippen LogP contribution in [0.1, 0.15) is 0 Å². The van der Waals surface area contributed by atoms with Gasteiger partial charge in [-0.3, -0.25) is 4.90 Å². The van der Waals surface area contributed by atoms with Crippen LogP contribution in [0.25, 0.3) is 0 Å². The average Bonchev–Trinajstić information content (AvgIpc) is 2.38. The summed E-state index contributed by atoms with van der Waals surface area (Å²) < 4.78 is 1.07. The van der Waals surface area contributed by atoms with Crippen molar-refractivity contribution in [3.05, 3.63) is 16.0 Å². The predicted octanol–water partition coefficient (Wildman–Crippen LogP) is 0.423. The SMILES string of the molecule is CN(CCN1CCNCC1)c1ncc(I)cn1. The van der Waals surface area contributed by atoms with Crippen LogP contribution in [0.15, 0.2) is 12.4 Å². The molecule has 1 aromatic heterocycles. The Hall–Kier alpha value is -0.470. The molecular weight excluding hydrogens is 329 g/mol. The summed E-state index contributed by atoms with van der Waals surface area (Å²) in [6.07, 6.45) is 3.70. The van der Waals surface area contributed by atoms with Crippen molar-refractivity contribution >= 4 is 28.5 Å². The van der Waals surface area contributed by atoms with Crippen LogP contribution in [-0.2, 0) is 0 Å². The number of nitrogens with one attached hydrogen (secondary N) is 1. The molecule has 5 nitrogen and oxygen atoms in total. The van der Waals surface area contributed by atoms with Crippen molar-refractivity contribution in [2.75, 3.05) is 51.2 Å². The van der Waals surface area contributed by atoms with E-state index in [-0.39, 0.29) is 0 Å². The van der Waals surface area contributed by atoms with E-state index in [4.69, 9.17) is 0 Å². The summed E-state index contributed by atoms with van der Waals surface area (Å²) in [4.78, 5) is 13.2. The molecule has 2 rings (SSSR count). The Balaban J connectivity index is 1.80. The third kappa shape index (κ3) is 4.04. The number of likely N-dealkylation sites (N-methyl/N-ethyl adjacent to an activating group) is 1. The van der Waals surface area contributed by atoms with E-state index in [2.05, 4.69) is 47.7 Å². The minimum absolute atomic E-state index is 0.806. The van der Waals surface area contributed by atoms with E-state index in [0.29, 0.717) is 0 Å². The molecule has 0 saturated carbocycles. The van der Waals surface area contributed by atoms with E-state index in [1.165, 1.54) is 0 Å². The van der Waals surface area contributed by atoms with Gasteiger partial charge in [0.2, 0.25) is 5.95 Å². The lowest BCUT2D eigenvalue weighted by molar-refractivity contribution is 0.246. The Morgan fingerprint density at radius 2 is 2.00 bits per heavy atom. The van der Waals surface area contributed by atoms with Crippen LogP contribution in [-0.4, -0.2) is 61.2 Å². The summed E-state index contributed by atoms with van der Waals surface area (Å²) in [6.45, 7) is 6.53. The van der Waals surface area contributed by atoms with Gasteiger partial charge in [-0.1, -0.05) is 0 Å². The maximum atomic E-state index is 4.32. The number of hydrogen-bond acceptors (Lipinski definition) is 5. The molecule has 0 amide bonds. The second-order valence-electron chi connectivity index (χ2n) is 4.21. The molecule has 0 aromatic carbocycles. The lowest BCUT2D eigenvalue weighted by Crippen LogP contribution is -2.46. The zero-order valence-electron chi connectivity index (χ0n) is 10.1. The standard InChI is InChI=1S/C11H18IN5/c1-16(11-14-8-10(12)9-15-11)6-7-17-4-2-13-3-5-17/h8-9,13H,2-7H2,1H3. The summed E-state index contributed by atoms with van der Waals surface area (Å²) >= 11 is 2.22. The summed E-state index contributed by atoms with van der Waals surface area (Å²) in [5.41, 5.74) is 0. The average molecular weight is 347 g/mol. The van der Waals surface area contributed by atoms with E-state index >= 15 is 0 Å². The van der Waals surface area contributed by atoms with Crippen molar-refractivity contribution in [3.63, 3.8) is 0 Å². The van der Waals surface area contributed by atoms with E-state index < -0.39 is 0 Å². The van der Waals surface area contributed by atoms with Crippen LogP contribution in [0.2, 0.25) is 0 Å². The third-order valence-corrected chi connectivity index (χ3v) is 3.47. The van der Waals surface area contributed by atoms with Crippen LogP contribution in [0.5, 0.6) is 0 Å². The number of rotatable bonds is 4. The van der Waals surface area contributed by atoms with Crippen molar-refractivity contribution in [2.45, 2.75) is 0 Å². The van der Waals surface area contributed by atoms with Crippen molar-refractivity contribution in [1.29, 1.82) is 0 Å². The molecule has 1 fully saturated rings. The van der Waals surface area contributed by atoms with Gasteiger partial charge in [0.1, 0.15) is 0 Å². The summed E-state index contributed by atoms with van der Waals surface area (Å²) in [6, 6.07) is 0. The molecule has 6 heteroatoms. The normalized spacial score (nSPS) is 17.1. The molecule has 1 aromatic rings. The highest BCUT2D eigenvalue weighted by Crippen LogP contribution is 2.06. The molecule has 0 spiro atoms. The van der Waals surface area contributed by atoms with Crippen LogP contribution in [0.3, 0.4) is 0 Å². The fourth-order valence-corrected chi connectivity index (χ4v) is 2.11. The van der Waals surface area contributed by atoms with Crippen LogP contribution >= 0.6 is 22.6 Å². The number of piperazine rings is 1. The first-order valence-electron chi connectivity index (χ1n) is 5.87. The Morgan fingerprint density at radius 1 is 1.35 bits per heavy atom. The van der Waals surface area contributed by atoms with Gasteiger partial charge in [0, 0.05) is 62.3 Å². The molecule has 1 aliphatic rings. The number of aromatic nitrogens is 2. The molecular formula is C11H18IN5. The number of hydrogen-bond donors (Lipinski definition) is 1. The maximum Gasteiger partial charge on any atom is 0.225 e. The molecule has 0 atom stereocenters. The second-order valence-corrected chi connectivity index (χ2v) is 5.46. The van der Waals surface area contributed by atoms with Gasteiger partial charge in [0.05, 0.1) is 0 Å². The van der Waals surface area contributed by atoms with E-state index in [9.17, 15) is 0 Å². The van der Waals surface area contributed by atoms with Gasteiger partial charge in [0.25, 0.3) is 0 Å². The molecule has 0 aliphatic carbocycles. The Labute approximate surface area is 116 Å². The van der Waals surface area contributed by atoms with Gasteiger partial charge in [-0.15, -0.1) is 0 Å². The lowest BCUT2D eigenvalue weighted by atomic mass is 10.3. The second kappa shape index (κ2) is 6.46. The first kappa shape index (κ1) is 13.0. The lowest BCUT2D eigenvalue weighted by Gasteiger charge is -2.29. The van der Waals surface area contributed by atoms with Gasteiger partial charge in [-0.05, 0) is 22.6 Å². The molecule has 2 heterocycles. The fourth-order valence-electron chi connectivity index (χ4n) is 1.83. The van der Waals surface area contributed by atoms with Crippen LogP contribution < -0.4 is 10.2 Å². The third-order valence-electron chi connectivity index (χ3n) is 2.91. The Kier molecular flexibility index (Phi) is 4.93. The maximum absolute atomic E-state index is 4.32. The fraction of sp³-hybridized carbons (Fsp3) is 0.636. The van der Waals surface area contributed by atoms with Crippen molar-refractivity contribution in [3.8, 4) is 0 Å². The van der Waals surface area contributed by atoms with Crippen molar-refractivity contribution < 1.29 is 0 Å². The summed E-state index contributed by atoms with van der Waals surface area (Å²) in [5.74, 6) is 0.806. The quantitative estimate of drug-likeness (QED) is 0.800. The highest BCUT2D eigenvalue weighted by atomic mass is 127. The smallest absolute Gasteiger partial charge is 0.225 e. The molecule has 1 saturated heterocycles. The largest absolute Gasteiger partial charge is 0.343 e. The Morgan fingerprint density at radius 3 is 2.65 bits per heavy atom. The van der Waals surface area contributed by atoms with Gasteiger partial charge in [-0.2, -0.15) is 0 Å². The highest BCUT2D eigenvalue weighted by molar-refractivity contribution is 14.1. The minimum atomic E-state index is 0.806. The number of halogens is 1. The van der Waals surface area contributed by atoms with Gasteiger partial charge in [0.15, 0.2) is 0 Å². The molecule has 1 aliphatic heterocycles. The van der Waals surface area contributed by atoms with Crippen LogP contribution in [0.4, 0.5) is 5.95 Å². The monoisotopic (exact) mass is 347 g/mol. The molecule has 0 bridgehead atoms.